The number of nitrogens with one attached hydrogen (secondary N) is 2. The predicted octanol–water partition coefficient (Wildman–Crippen LogP) is 1.85. The number of amides is 3. The number of esters is 1. The number of methoxy groups -OCH3 is 1. The van der Waals surface area contributed by atoms with Gasteiger partial charge >= 0.3 is 12.0 Å². The van der Waals surface area contributed by atoms with Crippen molar-refractivity contribution in [2.75, 3.05) is 13.7 Å². The molecule has 0 atom stereocenters. The monoisotopic (exact) mass is 372 g/mol. The van der Waals surface area contributed by atoms with Crippen LogP contribution in [0.3, 0.4) is 0 Å². The fourth-order valence-corrected chi connectivity index (χ4v) is 1.87. The minimum Gasteiger partial charge on any atom is -0.497 e. The molecule has 0 heterocycles. The Morgan fingerprint density at radius 2 is 1.95 bits per heavy atom. The zero-order valence-corrected chi connectivity index (χ0v) is 14.0. The van der Waals surface area contributed by atoms with Crippen LogP contribution in [-0.4, -0.2) is 37.7 Å². The average molecular weight is 373 g/mol. The number of imide groups is 1. The maximum absolute atomic E-state index is 11.9. The van der Waals surface area contributed by atoms with E-state index in [2.05, 4.69) is 26.6 Å². The minimum absolute atomic E-state index is 0.108. The molecule has 0 unspecified atom stereocenters. The average Bonchev–Trinajstić information content (AvgIpc) is 2.44. The lowest BCUT2D eigenvalue weighted by atomic mass is 10.2. The Morgan fingerprint density at radius 3 is 2.55 bits per heavy atom. The summed E-state index contributed by atoms with van der Waals surface area (Å²) in [6.07, 6.45) is 0. The number of hydrogen-bond donors (Lipinski definition) is 2. The first-order valence-electron chi connectivity index (χ1n) is 6.44. The molecular weight excluding hydrogens is 356 g/mol. The molecule has 0 aliphatic heterocycles. The molecule has 0 aromatic heterocycles. The van der Waals surface area contributed by atoms with Gasteiger partial charge in [0.1, 0.15) is 5.75 Å². The third-order valence-electron chi connectivity index (χ3n) is 2.40. The van der Waals surface area contributed by atoms with Gasteiger partial charge in [-0.3, -0.25) is 10.1 Å². The molecule has 0 saturated heterocycles. The van der Waals surface area contributed by atoms with Crippen LogP contribution in [0.4, 0.5) is 4.79 Å². The van der Waals surface area contributed by atoms with E-state index in [1.54, 1.807) is 26.0 Å². The topological polar surface area (TPSA) is 93.7 Å². The van der Waals surface area contributed by atoms with Crippen molar-refractivity contribution >= 4 is 33.8 Å². The van der Waals surface area contributed by atoms with E-state index in [-0.39, 0.29) is 11.6 Å². The Kier molecular flexibility index (Phi) is 6.84. The third kappa shape index (κ3) is 5.72. The van der Waals surface area contributed by atoms with Crippen molar-refractivity contribution in [1.82, 2.24) is 10.6 Å². The number of carbonyl (C=O) groups excluding carboxylic acids is 3. The van der Waals surface area contributed by atoms with Crippen LogP contribution in [0.15, 0.2) is 22.7 Å². The van der Waals surface area contributed by atoms with E-state index < -0.39 is 24.5 Å². The van der Waals surface area contributed by atoms with Crippen molar-refractivity contribution in [3.05, 3.63) is 28.2 Å². The largest absolute Gasteiger partial charge is 0.497 e. The van der Waals surface area contributed by atoms with Gasteiger partial charge in [0, 0.05) is 10.5 Å². The molecule has 120 valence electrons. The van der Waals surface area contributed by atoms with Crippen molar-refractivity contribution in [3.8, 4) is 5.75 Å². The molecule has 0 radical (unpaired) electrons. The lowest BCUT2D eigenvalue weighted by Crippen LogP contribution is -2.44. The SMILES string of the molecule is COc1ccc(Br)c(C(=O)OCC(=O)NC(=O)NC(C)C)c1. The highest BCUT2D eigenvalue weighted by atomic mass is 79.9. The van der Waals surface area contributed by atoms with E-state index in [0.29, 0.717) is 10.2 Å². The van der Waals surface area contributed by atoms with Crippen LogP contribution in [0.5, 0.6) is 5.75 Å². The second-order valence-corrected chi connectivity index (χ2v) is 5.45. The van der Waals surface area contributed by atoms with Crippen LogP contribution in [0.1, 0.15) is 24.2 Å². The Labute approximate surface area is 136 Å². The summed E-state index contributed by atoms with van der Waals surface area (Å²) >= 11 is 3.21. The van der Waals surface area contributed by atoms with Crippen molar-refractivity contribution in [2.24, 2.45) is 0 Å². The Hall–Kier alpha value is -2.09. The first-order valence-corrected chi connectivity index (χ1v) is 7.23. The molecule has 1 rings (SSSR count). The Morgan fingerprint density at radius 1 is 1.27 bits per heavy atom. The Bertz CT molecular complexity index is 574. The van der Waals surface area contributed by atoms with Gasteiger partial charge in [-0.1, -0.05) is 0 Å². The summed E-state index contributed by atoms with van der Waals surface area (Å²) in [5.74, 6) is -0.938. The summed E-state index contributed by atoms with van der Waals surface area (Å²) in [4.78, 5) is 34.7. The summed E-state index contributed by atoms with van der Waals surface area (Å²) in [5, 5.41) is 4.53. The number of urea groups is 1. The van der Waals surface area contributed by atoms with Gasteiger partial charge in [-0.15, -0.1) is 0 Å². The maximum atomic E-state index is 11.9. The molecule has 1 aromatic carbocycles. The highest BCUT2D eigenvalue weighted by molar-refractivity contribution is 9.10. The third-order valence-corrected chi connectivity index (χ3v) is 3.09. The lowest BCUT2D eigenvalue weighted by molar-refractivity contribution is -0.123. The molecule has 1 aromatic rings. The van der Waals surface area contributed by atoms with E-state index in [0.717, 1.165) is 0 Å². The van der Waals surface area contributed by atoms with Crippen LogP contribution in [-0.2, 0) is 9.53 Å². The first-order chi connectivity index (χ1) is 10.3. The van der Waals surface area contributed by atoms with Crippen molar-refractivity contribution < 1.29 is 23.9 Å². The molecule has 0 saturated carbocycles. The van der Waals surface area contributed by atoms with Crippen molar-refractivity contribution in [1.29, 1.82) is 0 Å². The molecule has 0 fully saturated rings. The number of benzene rings is 1. The summed E-state index contributed by atoms with van der Waals surface area (Å²) < 4.78 is 10.4. The molecule has 3 amide bonds. The van der Waals surface area contributed by atoms with Crippen LogP contribution in [0.2, 0.25) is 0 Å². The molecule has 2 N–H and O–H groups in total. The maximum Gasteiger partial charge on any atom is 0.339 e. The van der Waals surface area contributed by atoms with Crippen molar-refractivity contribution in [3.63, 3.8) is 0 Å². The molecule has 0 aliphatic carbocycles. The fourth-order valence-electron chi connectivity index (χ4n) is 1.46. The van der Waals surface area contributed by atoms with Crippen LogP contribution >= 0.6 is 15.9 Å². The van der Waals surface area contributed by atoms with E-state index in [9.17, 15) is 14.4 Å². The number of halogens is 1. The van der Waals surface area contributed by atoms with Gasteiger partial charge in [0.15, 0.2) is 6.61 Å². The van der Waals surface area contributed by atoms with Crippen molar-refractivity contribution in [2.45, 2.75) is 19.9 Å². The number of ether oxygens (including phenoxy) is 2. The molecular formula is C14H17BrN2O5. The van der Waals surface area contributed by atoms with Gasteiger partial charge in [-0.25, -0.2) is 9.59 Å². The summed E-state index contributed by atoms with van der Waals surface area (Å²) in [6, 6.07) is 4.03. The van der Waals surface area contributed by atoms with Gasteiger partial charge in [0.2, 0.25) is 0 Å². The van der Waals surface area contributed by atoms with E-state index >= 15 is 0 Å². The van der Waals surface area contributed by atoms with E-state index in [4.69, 9.17) is 9.47 Å². The Balaban J connectivity index is 2.56. The van der Waals surface area contributed by atoms with Gasteiger partial charge in [-0.2, -0.15) is 0 Å². The van der Waals surface area contributed by atoms with Crippen LogP contribution in [0.25, 0.3) is 0 Å². The van der Waals surface area contributed by atoms with Crippen LogP contribution < -0.4 is 15.4 Å². The summed E-state index contributed by atoms with van der Waals surface area (Å²) in [6.45, 7) is 2.95. The first kappa shape index (κ1) is 18.0. The second-order valence-electron chi connectivity index (χ2n) is 4.60. The molecule has 0 aliphatic rings. The number of rotatable bonds is 5. The van der Waals surface area contributed by atoms with Gasteiger partial charge < -0.3 is 14.8 Å². The predicted molar refractivity (Wildman–Crippen MR) is 82.8 cm³/mol. The van der Waals surface area contributed by atoms with Crippen LogP contribution in [0, 0.1) is 0 Å². The molecule has 0 bridgehead atoms. The fraction of sp³-hybridized carbons (Fsp3) is 0.357. The number of hydrogen-bond acceptors (Lipinski definition) is 5. The normalized spacial score (nSPS) is 10.0. The van der Waals surface area contributed by atoms with E-state index in [1.807, 2.05) is 0 Å². The highest BCUT2D eigenvalue weighted by Gasteiger charge is 2.16. The quantitative estimate of drug-likeness (QED) is 0.769. The van der Waals surface area contributed by atoms with Gasteiger partial charge in [0.25, 0.3) is 5.91 Å². The molecule has 8 heteroatoms. The standard InChI is InChI=1S/C14H17BrN2O5/c1-8(2)16-14(20)17-12(18)7-22-13(19)10-6-9(21-3)4-5-11(10)15/h4-6,8H,7H2,1-3H3,(H2,16,17,18,20). The molecule has 0 spiro atoms. The van der Waals surface area contributed by atoms with Gasteiger partial charge in [-0.05, 0) is 48.0 Å². The highest BCUT2D eigenvalue weighted by Crippen LogP contribution is 2.23. The zero-order chi connectivity index (χ0) is 16.7. The molecule has 22 heavy (non-hydrogen) atoms. The smallest absolute Gasteiger partial charge is 0.339 e. The number of carbonyl (C=O) groups is 3. The second kappa shape index (κ2) is 8.38. The summed E-state index contributed by atoms with van der Waals surface area (Å²) in [7, 11) is 1.47. The van der Waals surface area contributed by atoms with Gasteiger partial charge in [0.05, 0.1) is 12.7 Å². The minimum atomic E-state index is -0.717. The van der Waals surface area contributed by atoms with E-state index in [1.165, 1.54) is 13.2 Å². The molecule has 7 nitrogen and oxygen atoms in total. The lowest BCUT2D eigenvalue weighted by Gasteiger charge is -2.10. The summed E-state index contributed by atoms with van der Waals surface area (Å²) in [5.41, 5.74) is 0.221. The zero-order valence-electron chi connectivity index (χ0n) is 12.4.